The summed E-state index contributed by atoms with van der Waals surface area (Å²) >= 11 is 0. The van der Waals surface area contributed by atoms with Crippen LogP contribution in [0, 0.1) is 0 Å². The van der Waals surface area contributed by atoms with Gasteiger partial charge in [0, 0.05) is 33.1 Å². The topological polar surface area (TPSA) is 23.6 Å². The Labute approximate surface area is 74.3 Å². The van der Waals surface area contributed by atoms with Gasteiger partial charge in [-0.15, -0.1) is 0 Å². The SMILES string of the molecule is CCCN1CCC(=O)N(C)CC1. The summed E-state index contributed by atoms with van der Waals surface area (Å²) in [7, 11) is 1.89. The van der Waals surface area contributed by atoms with Gasteiger partial charge < -0.3 is 9.80 Å². The fourth-order valence-corrected chi connectivity index (χ4v) is 1.51. The van der Waals surface area contributed by atoms with E-state index in [0.717, 1.165) is 26.2 Å². The highest BCUT2D eigenvalue weighted by atomic mass is 16.2. The molecule has 0 bridgehead atoms. The second-order valence-electron chi connectivity index (χ2n) is 3.41. The third kappa shape index (κ3) is 2.48. The van der Waals surface area contributed by atoms with Crippen LogP contribution in [0.25, 0.3) is 0 Å². The number of hydrogen-bond donors (Lipinski definition) is 0. The molecule has 0 saturated carbocycles. The second-order valence-corrected chi connectivity index (χ2v) is 3.41. The van der Waals surface area contributed by atoms with Gasteiger partial charge in [-0.1, -0.05) is 6.92 Å². The van der Waals surface area contributed by atoms with Gasteiger partial charge in [0.05, 0.1) is 0 Å². The average molecular weight is 170 g/mol. The number of amides is 1. The summed E-state index contributed by atoms with van der Waals surface area (Å²) in [5.41, 5.74) is 0. The molecule has 1 rings (SSSR count). The molecular formula is C9H18N2O. The van der Waals surface area contributed by atoms with Gasteiger partial charge in [0.2, 0.25) is 5.91 Å². The molecule has 3 nitrogen and oxygen atoms in total. The Morgan fingerprint density at radius 2 is 2.08 bits per heavy atom. The van der Waals surface area contributed by atoms with E-state index in [1.807, 2.05) is 11.9 Å². The van der Waals surface area contributed by atoms with Crippen molar-refractivity contribution in [3.8, 4) is 0 Å². The first-order valence-electron chi connectivity index (χ1n) is 4.70. The Balaban J connectivity index is 2.38. The molecule has 1 aliphatic heterocycles. The van der Waals surface area contributed by atoms with Crippen molar-refractivity contribution < 1.29 is 4.79 Å². The molecule has 3 heteroatoms. The van der Waals surface area contributed by atoms with E-state index in [0.29, 0.717) is 6.42 Å². The zero-order chi connectivity index (χ0) is 8.97. The molecule has 0 atom stereocenters. The number of hydrogen-bond acceptors (Lipinski definition) is 2. The van der Waals surface area contributed by atoms with E-state index in [9.17, 15) is 4.79 Å². The summed E-state index contributed by atoms with van der Waals surface area (Å²) in [4.78, 5) is 15.5. The lowest BCUT2D eigenvalue weighted by Crippen LogP contribution is -2.30. The van der Waals surface area contributed by atoms with Crippen LogP contribution in [0.1, 0.15) is 19.8 Å². The number of nitrogens with zero attached hydrogens (tertiary/aromatic N) is 2. The minimum atomic E-state index is 0.286. The minimum Gasteiger partial charge on any atom is -0.344 e. The Morgan fingerprint density at radius 1 is 1.33 bits per heavy atom. The zero-order valence-electron chi connectivity index (χ0n) is 8.05. The maximum absolute atomic E-state index is 11.3. The van der Waals surface area contributed by atoms with Gasteiger partial charge >= 0.3 is 0 Å². The van der Waals surface area contributed by atoms with Gasteiger partial charge in [-0.3, -0.25) is 4.79 Å². The molecule has 1 amide bonds. The summed E-state index contributed by atoms with van der Waals surface area (Å²) < 4.78 is 0. The monoisotopic (exact) mass is 170 g/mol. The molecule has 0 aromatic heterocycles. The smallest absolute Gasteiger partial charge is 0.223 e. The Morgan fingerprint density at radius 3 is 2.75 bits per heavy atom. The van der Waals surface area contributed by atoms with Gasteiger partial charge in [-0.05, 0) is 13.0 Å². The van der Waals surface area contributed by atoms with Crippen LogP contribution in [0.3, 0.4) is 0 Å². The van der Waals surface area contributed by atoms with Crippen molar-refractivity contribution >= 4 is 5.91 Å². The summed E-state index contributed by atoms with van der Waals surface area (Å²) in [6.45, 7) is 6.17. The molecule has 0 aromatic carbocycles. The van der Waals surface area contributed by atoms with Crippen LogP contribution in [-0.4, -0.2) is 48.9 Å². The quantitative estimate of drug-likeness (QED) is 0.604. The maximum atomic E-state index is 11.3. The highest BCUT2D eigenvalue weighted by molar-refractivity contribution is 5.76. The van der Waals surface area contributed by atoms with Crippen molar-refractivity contribution in [1.29, 1.82) is 0 Å². The molecule has 70 valence electrons. The predicted octanol–water partition coefficient (Wildman–Crippen LogP) is 0.560. The van der Waals surface area contributed by atoms with Gasteiger partial charge in [0.1, 0.15) is 0 Å². The summed E-state index contributed by atoms with van der Waals surface area (Å²) in [5.74, 6) is 0.286. The zero-order valence-corrected chi connectivity index (χ0v) is 8.05. The Bertz CT molecular complexity index is 159. The molecule has 0 radical (unpaired) electrons. The number of carbonyl (C=O) groups is 1. The van der Waals surface area contributed by atoms with Crippen LogP contribution in [0.5, 0.6) is 0 Å². The van der Waals surface area contributed by atoms with Crippen molar-refractivity contribution in [1.82, 2.24) is 9.80 Å². The van der Waals surface area contributed by atoms with E-state index in [2.05, 4.69) is 11.8 Å². The third-order valence-corrected chi connectivity index (χ3v) is 2.36. The second kappa shape index (κ2) is 4.45. The lowest BCUT2D eigenvalue weighted by Gasteiger charge is -2.18. The van der Waals surface area contributed by atoms with Crippen molar-refractivity contribution in [2.75, 3.05) is 33.2 Å². The Kier molecular flexibility index (Phi) is 3.53. The third-order valence-electron chi connectivity index (χ3n) is 2.36. The first-order chi connectivity index (χ1) is 5.74. The van der Waals surface area contributed by atoms with Gasteiger partial charge in [-0.25, -0.2) is 0 Å². The lowest BCUT2D eigenvalue weighted by molar-refractivity contribution is -0.129. The maximum Gasteiger partial charge on any atom is 0.223 e. The van der Waals surface area contributed by atoms with E-state index in [1.54, 1.807) is 0 Å². The summed E-state index contributed by atoms with van der Waals surface area (Å²) in [6.07, 6.45) is 1.87. The molecule has 1 aliphatic rings. The fraction of sp³-hybridized carbons (Fsp3) is 0.889. The van der Waals surface area contributed by atoms with Crippen LogP contribution in [0.2, 0.25) is 0 Å². The van der Waals surface area contributed by atoms with E-state index >= 15 is 0 Å². The molecule has 0 aromatic rings. The van der Waals surface area contributed by atoms with Crippen molar-refractivity contribution in [3.05, 3.63) is 0 Å². The van der Waals surface area contributed by atoms with Crippen LogP contribution in [-0.2, 0) is 4.79 Å². The number of likely N-dealkylation sites (N-methyl/N-ethyl adjacent to an activating group) is 1. The molecule has 1 saturated heterocycles. The standard InChI is InChI=1S/C9H18N2O/c1-3-5-11-6-4-9(12)10(2)7-8-11/h3-8H2,1-2H3. The van der Waals surface area contributed by atoms with Gasteiger partial charge in [0.15, 0.2) is 0 Å². The molecule has 0 spiro atoms. The molecule has 0 unspecified atom stereocenters. The largest absolute Gasteiger partial charge is 0.344 e. The fourth-order valence-electron chi connectivity index (χ4n) is 1.51. The molecule has 1 fully saturated rings. The van der Waals surface area contributed by atoms with Crippen LogP contribution in [0.4, 0.5) is 0 Å². The normalized spacial score (nSPS) is 21.2. The van der Waals surface area contributed by atoms with Crippen LogP contribution >= 0.6 is 0 Å². The molecule has 1 heterocycles. The Hall–Kier alpha value is -0.570. The molecule has 0 aliphatic carbocycles. The van der Waals surface area contributed by atoms with Gasteiger partial charge in [0.25, 0.3) is 0 Å². The highest BCUT2D eigenvalue weighted by Crippen LogP contribution is 2.02. The lowest BCUT2D eigenvalue weighted by atomic mass is 10.3. The van der Waals surface area contributed by atoms with E-state index in [-0.39, 0.29) is 5.91 Å². The van der Waals surface area contributed by atoms with E-state index in [1.165, 1.54) is 6.42 Å². The van der Waals surface area contributed by atoms with Crippen LogP contribution < -0.4 is 0 Å². The number of rotatable bonds is 2. The molecular weight excluding hydrogens is 152 g/mol. The van der Waals surface area contributed by atoms with E-state index in [4.69, 9.17) is 0 Å². The number of carbonyl (C=O) groups excluding carboxylic acids is 1. The van der Waals surface area contributed by atoms with Crippen molar-refractivity contribution in [3.63, 3.8) is 0 Å². The summed E-state index contributed by atoms with van der Waals surface area (Å²) in [6, 6.07) is 0. The minimum absolute atomic E-state index is 0.286. The molecule has 12 heavy (non-hydrogen) atoms. The average Bonchev–Trinajstić information content (AvgIpc) is 2.20. The van der Waals surface area contributed by atoms with Gasteiger partial charge in [-0.2, -0.15) is 0 Å². The first kappa shape index (κ1) is 9.52. The van der Waals surface area contributed by atoms with E-state index < -0.39 is 0 Å². The predicted molar refractivity (Wildman–Crippen MR) is 49.0 cm³/mol. The van der Waals surface area contributed by atoms with Crippen molar-refractivity contribution in [2.45, 2.75) is 19.8 Å². The first-order valence-corrected chi connectivity index (χ1v) is 4.70. The van der Waals surface area contributed by atoms with Crippen molar-refractivity contribution in [2.24, 2.45) is 0 Å². The summed E-state index contributed by atoms with van der Waals surface area (Å²) in [5, 5.41) is 0. The highest BCUT2D eigenvalue weighted by Gasteiger charge is 2.16. The molecule has 0 N–H and O–H groups in total. The van der Waals surface area contributed by atoms with Crippen LogP contribution in [0.15, 0.2) is 0 Å².